The molecule has 0 radical (unpaired) electrons. The van der Waals surface area contributed by atoms with Gasteiger partial charge >= 0.3 is 5.97 Å². The van der Waals surface area contributed by atoms with Crippen LogP contribution in [0.3, 0.4) is 0 Å². The summed E-state index contributed by atoms with van der Waals surface area (Å²) in [5, 5.41) is 9.55. The maximum absolute atomic E-state index is 11.6. The van der Waals surface area contributed by atoms with E-state index in [0.717, 1.165) is 25.2 Å². The summed E-state index contributed by atoms with van der Waals surface area (Å²) >= 11 is 0. The zero-order valence-corrected chi connectivity index (χ0v) is 10.5. The molecule has 16 heavy (non-hydrogen) atoms. The van der Waals surface area contributed by atoms with E-state index < -0.39 is 5.97 Å². The van der Waals surface area contributed by atoms with Crippen LogP contribution in [0.2, 0.25) is 0 Å². The molecule has 2 heteroatoms. The van der Waals surface area contributed by atoms with Crippen molar-refractivity contribution in [3.05, 3.63) is 0 Å². The third-order valence-electron chi connectivity index (χ3n) is 4.81. The monoisotopic (exact) mass is 224 g/mol. The molecule has 0 aromatic rings. The van der Waals surface area contributed by atoms with Crippen molar-refractivity contribution in [2.45, 2.75) is 58.8 Å². The van der Waals surface area contributed by atoms with E-state index in [0.29, 0.717) is 11.8 Å². The minimum Gasteiger partial charge on any atom is -0.481 e. The zero-order chi connectivity index (χ0) is 11.8. The molecule has 0 aromatic heterocycles. The summed E-state index contributed by atoms with van der Waals surface area (Å²) in [6.07, 6.45) is 7.78. The lowest BCUT2D eigenvalue weighted by Crippen LogP contribution is -2.36. The van der Waals surface area contributed by atoms with Crippen LogP contribution in [-0.2, 0) is 4.79 Å². The molecule has 2 bridgehead atoms. The highest BCUT2D eigenvalue weighted by Crippen LogP contribution is 2.58. The quantitative estimate of drug-likeness (QED) is 0.773. The molecule has 2 nitrogen and oxygen atoms in total. The first-order chi connectivity index (χ1) is 7.54. The van der Waals surface area contributed by atoms with E-state index in [1.807, 2.05) is 0 Å². The second-order valence-electron chi connectivity index (χ2n) is 6.33. The minimum absolute atomic E-state index is 0.336. The Morgan fingerprint density at radius 3 is 2.62 bits per heavy atom. The Morgan fingerprint density at radius 1 is 1.44 bits per heavy atom. The van der Waals surface area contributed by atoms with Crippen molar-refractivity contribution in [2.24, 2.45) is 23.2 Å². The van der Waals surface area contributed by atoms with Crippen molar-refractivity contribution in [2.75, 3.05) is 0 Å². The van der Waals surface area contributed by atoms with Crippen LogP contribution in [0.25, 0.3) is 0 Å². The van der Waals surface area contributed by atoms with E-state index in [1.54, 1.807) is 0 Å². The summed E-state index contributed by atoms with van der Waals surface area (Å²) in [5.41, 5.74) is -0.336. The number of hydrogen-bond acceptors (Lipinski definition) is 1. The first-order valence-electron chi connectivity index (χ1n) is 6.78. The minimum atomic E-state index is -0.511. The molecule has 2 aliphatic carbocycles. The van der Waals surface area contributed by atoms with Gasteiger partial charge in [-0.3, -0.25) is 4.79 Å². The van der Waals surface area contributed by atoms with Gasteiger partial charge in [0.15, 0.2) is 0 Å². The fourth-order valence-electron chi connectivity index (χ4n) is 3.94. The molecule has 0 saturated heterocycles. The lowest BCUT2D eigenvalue weighted by Gasteiger charge is -2.33. The van der Waals surface area contributed by atoms with Crippen molar-refractivity contribution in [3.8, 4) is 0 Å². The van der Waals surface area contributed by atoms with Gasteiger partial charge in [0.1, 0.15) is 0 Å². The number of fused-ring (bicyclic) bond motifs is 2. The summed E-state index contributed by atoms with van der Waals surface area (Å²) in [7, 11) is 0. The summed E-state index contributed by atoms with van der Waals surface area (Å²) in [6, 6.07) is 0. The van der Waals surface area contributed by atoms with Crippen molar-refractivity contribution in [1.29, 1.82) is 0 Å². The first kappa shape index (κ1) is 11.9. The number of rotatable bonds is 5. The molecule has 0 aromatic carbocycles. The largest absolute Gasteiger partial charge is 0.481 e. The second kappa shape index (κ2) is 4.38. The highest BCUT2D eigenvalue weighted by Gasteiger charge is 2.55. The Balaban J connectivity index is 1.98. The van der Waals surface area contributed by atoms with Gasteiger partial charge in [0.05, 0.1) is 5.41 Å². The van der Waals surface area contributed by atoms with Crippen LogP contribution in [0.1, 0.15) is 58.8 Å². The van der Waals surface area contributed by atoms with Gasteiger partial charge < -0.3 is 5.11 Å². The third kappa shape index (κ3) is 1.99. The number of carbonyl (C=O) groups is 1. The molecule has 2 aliphatic rings. The van der Waals surface area contributed by atoms with Crippen molar-refractivity contribution < 1.29 is 9.90 Å². The Bertz CT molecular complexity index is 272. The molecule has 0 heterocycles. The predicted octanol–water partition coefficient (Wildman–Crippen LogP) is 3.70. The molecule has 1 N–H and O–H groups in total. The van der Waals surface area contributed by atoms with Gasteiger partial charge in [0.2, 0.25) is 0 Å². The lowest BCUT2D eigenvalue weighted by atomic mass is 9.70. The van der Waals surface area contributed by atoms with Crippen LogP contribution in [0, 0.1) is 23.2 Å². The summed E-state index contributed by atoms with van der Waals surface area (Å²) in [6.45, 7) is 4.43. The van der Waals surface area contributed by atoms with Crippen LogP contribution in [-0.4, -0.2) is 11.1 Å². The van der Waals surface area contributed by atoms with E-state index in [4.69, 9.17) is 0 Å². The van der Waals surface area contributed by atoms with Crippen molar-refractivity contribution in [1.82, 2.24) is 0 Å². The fourth-order valence-corrected chi connectivity index (χ4v) is 3.94. The molecule has 0 spiro atoms. The third-order valence-corrected chi connectivity index (χ3v) is 4.81. The average Bonchev–Trinajstić information content (AvgIpc) is 2.76. The van der Waals surface area contributed by atoms with Crippen LogP contribution < -0.4 is 0 Å². The standard InChI is InChI=1S/C14H24O2/c1-10(2)4-3-7-14(13(15)16)9-11-5-6-12(14)8-11/h10-12H,3-9H2,1-2H3,(H,15,16). The smallest absolute Gasteiger partial charge is 0.309 e. The normalized spacial score (nSPS) is 37.2. The molecule has 0 aliphatic heterocycles. The Labute approximate surface area is 98.4 Å². The second-order valence-corrected chi connectivity index (χ2v) is 6.33. The number of aliphatic carboxylic acids is 1. The lowest BCUT2D eigenvalue weighted by molar-refractivity contribution is -0.153. The topological polar surface area (TPSA) is 37.3 Å². The predicted molar refractivity (Wildman–Crippen MR) is 64.2 cm³/mol. The zero-order valence-electron chi connectivity index (χ0n) is 10.5. The number of carboxylic acid groups (broad SMARTS) is 1. The maximum Gasteiger partial charge on any atom is 0.309 e. The van der Waals surface area contributed by atoms with Crippen LogP contribution in [0.5, 0.6) is 0 Å². The Hall–Kier alpha value is -0.530. The van der Waals surface area contributed by atoms with Gasteiger partial charge in [-0.25, -0.2) is 0 Å². The van der Waals surface area contributed by atoms with E-state index in [1.165, 1.54) is 25.7 Å². The molecule has 2 rings (SSSR count). The molecule has 3 unspecified atom stereocenters. The highest BCUT2D eigenvalue weighted by molar-refractivity contribution is 5.75. The fraction of sp³-hybridized carbons (Fsp3) is 0.929. The average molecular weight is 224 g/mol. The number of carboxylic acids is 1. The van der Waals surface area contributed by atoms with Crippen LogP contribution in [0.4, 0.5) is 0 Å². The van der Waals surface area contributed by atoms with E-state index >= 15 is 0 Å². The summed E-state index contributed by atoms with van der Waals surface area (Å²) in [5.74, 6) is 1.40. The SMILES string of the molecule is CC(C)CCCC1(C(=O)O)CC2CCC1C2. The first-order valence-corrected chi connectivity index (χ1v) is 6.78. The van der Waals surface area contributed by atoms with Gasteiger partial charge in [-0.2, -0.15) is 0 Å². The molecule has 3 atom stereocenters. The highest BCUT2D eigenvalue weighted by atomic mass is 16.4. The van der Waals surface area contributed by atoms with Gasteiger partial charge in [-0.15, -0.1) is 0 Å². The van der Waals surface area contributed by atoms with E-state index in [9.17, 15) is 9.90 Å². The molecule has 2 saturated carbocycles. The molecular formula is C14H24O2. The van der Waals surface area contributed by atoms with Crippen LogP contribution >= 0.6 is 0 Å². The molecular weight excluding hydrogens is 200 g/mol. The summed E-state index contributed by atoms with van der Waals surface area (Å²) < 4.78 is 0. The van der Waals surface area contributed by atoms with Crippen molar-refractivity contribution in [3.63, 3.8) is 0 Å². The maximum atomic E-state index is 11.6. The molecule has 2 fully saturated rings. The van der Waals surface area contributed by atoms with Gasteiger partial charge in [0, 0.05) is 0 Å². The van der Waals surface area contributed by atoms with E-state index in [-0.39, 0.29) is 5.41 Å². The van der Waals surface area contributed by atoms with Gasteiger partial charge in [0.25, 0.3) is 0 Å². The number of hydrogen-bond donors (Lipinski definition) is 1. The van der Waals surface area contributed by atoms with Crippen molar-refractivity contribution >= 4 is 5.97 Å². The Morgan fingerprint density at radius 2 is 2.19 bits per heavy atom. The molecule has 0 amide bonds. The van der Waals surface area contributed by atoms with Gasteiger partial charge in [-0.05, 0) is 43.4 Å². The van der Waals surface area contributed by atoms with Gasteiger partial charge in [-0.1, -0.05) is 33.1 Å². The van der Waals surface area contributed by atoms with Crippen LogP contribution in [0.15, 0.2) is 0 Å². The molecule has 92 valence electrons. The van der Waals surface area contributed by atoms with E-state index in [2.05, 4.69) is 13.8 Å². The summed E-state index contributed by atoms with van der Waals surface area (Å²) in [4.78, 5) is 11.6. The Kier molecular flexibility index (Phi) is 3.27.